The molecule has 0 unspecified atom stereocenters. The molecule has 1 fully saturated rings. The van der Waals surface area contributed by atoms with Gasteiger partial charge in [0.15, 0.2) is 0 Å². The molecule has 0 aliphatic carbocycles. The topological polar surface area (TPSA) is 44.8 Å². The number of hydrogen-bond acceptors (Lipinski definition) is 3. The number of halogens is 4. The Kier molecular flexibility index (Phi) is 6.92. The lowest BCUT2D eigenvalue weighted by Crippen LogP contribution is -2.50. The van der Waals surface area contributed by atoms with Gasteiger partial charge in [-0.25, -0.2) is 4.79 Å². The molecule has 0 spiro atoms. The summed E-state index contributed by atoms with van der Waals surface area (Å²) in [5.41, 5.74) is -1.24. The fourth-order valence-corrected chi connectivity index (χ4v) is 2.83. The van der Waals surface area contributed by atoms with Gasteiger partial charge in [0.2, 0.25) is 0 Å². The molecule has 9 heteroatoms. The van der Waals surface area contributed by atoms with Crippen LogP contribution in [0.3, 0.4) is 0 Å². The average Bonchev–Trinajstić information content (AvgIpc) is 2.56. The van der Waals surface area contributed by atoms with E-state index in [0.717, 1.165) is 19.0 Å². The Bertz CT molecular complexity index is 590. The van der Waals surface area contributed by atoms with Crippen molar-refractivity contribution in [2.45, 2.75) is 12.6 Å². The number of alkyl halides is 3. The van der Waals surface area contributed by atoms with Gasteiger partial charge in [0, 0.05) is 51.5 Å². The molecule has 1 aliphatic heterocycles. The largest absolute Gasteiger partial charge is 0.418 e. The minimum atomic E-state index is -4.59. The molecule has 0 atom stereocenters. The monoisotopic (exact) mass is 379 g/mol. The zero-order chi connectivity index (χ0) is 18.4. The molecule has 0 aromatic heterocycles. The lowest BCUT2D eigenvalue weighted by Gasteiger charge is -2.34. The molecule has 1 aromatic rings. The Morgan fingerprint density at radius 2 is 1.96 bits per heavy atom. The summed E-state index contributed by atoms with van der Waals surface area (Å²) in [7, 11) is 1.65. The van der Waals surface area contributed by atoms with Crippen LogP contribution < -0.4 is 5.32 Å². The van der Waals surface area contributed by atoms with Crippen molar-refractivity contribution in [3.05, 3.63) is 28.8 Å². The van der Waals surface area contributed by atoms with E-state index in [1.807, 2.05) is 0 Å². The van der Waals surface area contributed by atoms with Crippen LogP contribution in [0, 0.1) is 0 Å². The van der Waals surface area contributed by atoms with Gasteiger partial charge in [-0.15, -0.1) is 0 Å². The summed E-state index contributed by atoms with van der Waals surface area (Å²) in [5.74, 6) is 0. The molecule has 2 rings (SSSR count). The number of nitrogens with one attached hydrogen (secondary N) is 1. The Morgan fingerprint density at radius 1 is 1.28 bits per heavy atom. The van der Waals surface area contributed by atoms with E-state index in [1.165, 1.54) is 17.0 Å². The Labute approximate surface area is 149 Å². The zero-order valence-electron chi connectivity index (χ0n) is 13.9. The molecular weight excluding hydrogens is 359 g/mol. The fourth-order valence-electron chi connectivity index (χ4n) is 2.66. The van der Waals surface area contributed by atoms with Gasteiger partial charge in [-0.2, -0.15) is 13.2 Å². The van der Waals surface area contributed by atoms with E-state index >= 15 is 0 Å². The minimum Gasteiger partial charge on any atom is -0.385 e. The highest BCUT2D eigenvalue weighted by Gasteiger charge is 2.34. The highest BCUT2D eigenvalue weighted by Crippen LogP contribution is 2.36. The Morgan fingerprint density at radius 3 is 2.56 bits per heavy atom. The third-order valence-corrected chi connectivity index (χ3v) is 4.25. The first kappa shape index (κ1) is 19.8. The third-order valence-electron chi connectivity index (χ3n) is 4.01. The number of hydrogen-bond donors (Lipinski definition) is 1. The number of amides is 2. The van der Waals surface area contributed by atoms with Gasteiger partial charge in [-0.05, 0) is 24.6 Å². The Hall–Kier alpha value is -1.51. The number of piperazine rings is 1. The SMILES string of the molecule is COCCCN1CCN(C(=O)Nc2ccc(Cl)cc2C(F)(F)F)CC1. The molecule has 0 bridgehead atoms. The van der Waals surface area contributed by atoms with Gasteiger partial charge in [-0.3, -0.25) is 4.90 Å². The van der Waals surface area contributed by atoms with Crippen molar-refractivity contribution >= 4 is 23.3 Å². The number of benzene rings is 1. The summed E-state index contributed by atoms with van der Waals surface area (Å²) < 4.78 is 44.2. The van der Waals surface area contributed by atoms with Gasteiger partial charge in [0.05, 0.1) is 11.3 Å². The van der Waals surface area contributed by atoms with Gasteiger partial charge in [0.1, 0.15) is 0 Å². The van der Waals surface area contributed by atoms with Crippen LogP contribution in [0.25, 0.3) is 0 Å². The van der Waals surface area contributed by atoms with Gasteiger partial charge in [0.25, 0.3) is 0 Å². The first-order valence-electron chi connectivity index (χ1n) is 7.95. The van der Waals surface area contributed by atoms with E-state index in [9.17, 15) is 18.0 Å². The highest BCUT2D eigenvalue weighted by molar-refractivity contribution is 6.30. The molecule has 140 valence electrons. The van der Waals surface area contributed by atoms with Gasteiger partial charge >= 0.3 is 12.2 Å². The molecule has 5 nitrogen and oxygen atoms in total. The maximum Gasteiger partial charge on any atom is 0.418 e. The predicted octanol–water partition coefficient (Wildman–Crippen LogP) is 3.54. The van der Waals surface area contributed by atoms with E-state index in [-0.39, 0.29) is 10.7 Å². The van der Waals surface area contributed by atoms with Crippen molar-refractivity contribution in [2.24, 2.45) is 0 Å². The number of carbonyl (C=O) groups excluding carboxylic acids is 1. The Balaban J connectivity index is 1.93. The minimum absolute atomic E-state index is 0.0324. The van der Waals surface area contributed by atoms with E-state index in [0.29, 0.717) is 32.8 Å². The van der Waals surface area contributed by atoms with E-state index in [1.54, 1.807) is 7.11 Å². The van der Waals surface area contributed by atoms with E-state index in [4.69, 9.17) is 16.3 Å². The number of rotatable bonds is 5. The smallest absolute Gasteiger partial charge is 0.385 e. The van der Waals surface area contributed by atoms with E-state index < -0.39 is 17.8 Å². The standard InChI is InChI=1S/C16H21ClF3N3O2/c1-25-10-2-5-22-6-8-23(9-7-22)15(24)21-14-4-3-12(17)11-13(14)16(18,19)20/h3-4,11H,2,5-10H2,1H3,(H,21,24). The van der Waals surface area contributed by atoms with Crippen LogP contribution in [0.2, 0.25) is 5.02 Å². The maximum absolute atomic E-state index is 13.1. The van der Waals surface area contributed by atoms with Gasteiger partial charge in [-0.1, -0.05) is 11.6 Å². The van der Waals surface area contributed by atoms with Crippen LogP contribution >= 0.6 is 11.6 Å². The lowest BCUT2D eigenvalue weighted by atomic mass is 10.1. The molecule has 1 N–H and O–H groups in total. The first-order valence-corrected chi connectivity index (χ1v) is 8.33. The number of methoxy groups -OCH3 is 1. The van der Waals surface area contributed by atoms with Crippen LogP contribution in [0.5, 0.6) is 0 Å². The summed E-state index contributed by atoms with van der Waals surface area (Å²) in [6, 6.07) is 2.76. The molecule has 1 aliphatic rings. The predicted molar refractivity (Wildman–Crippen MR) is 90.0 cm³/mol. The fraction of sp³-hybridized carbons (Fsp3) is 0.562. The van der Waals surface area contributed by atoms with Crippen molar-refractivity contribution in [1.29, 1.82) is 0 Å². The summed E-state index contributed by atoms with van der Waals surface area (Å²) in [5, 5.41) is 2.32. The van der Waals surface area contributed by atoms with Crippen LogP contribution in [0.4, 0.5) is 23.7 Å². The molecule has 1 saturated heterocycles. The molecule has 2 amide bonds. The third kappa shape index (κ3) is 5.76. The van der Waals surface area contributed by atoms with Gasteiger partial charge < -0.3 is 15.0 Å². The molecular formula is C16H21ClF3N3O2. The molecule has 1 heterocycles. The zero-order valence-corrected chi connectivity index (χ0v) is 14.7. The van der Waals surface area contributed by atoms with Crippen molar-refractivity contribution < 1.29 is 22.7 Å². The van der Waals surface area contributed by atoms with Crippen LogP contribution in [0.1, 0.15) is 12.0 Å². The summed E-state index contributed by atoms with van der Waals surface area (Å²) in [6.07, 6.45) is -3.68. The van der Waals surface area contributed by atoms with E-state index in [2.05, 4.69) is 10.2 Å². The molecule has 0 radical (unpaired) electrons. The maximum atomic E-state index is 13.1. The van der Waals surface area contributed by atoms with Crippen LogP contribution in [-0.2, 0) is 10.9 Å². The number of ether oxygens (including phenoxy) is 1. The number of urea groups is 1. The second-order valence-corrected chi connectivity index (χ2v) is 6.23. The summed E-state index contributed by atoms with van der Waals surface area (Å²) >= 11 is 5.64. The summed E-state index contributed by atoms with van der Waals surface area (Å²) in [6.45, 7) is 3.85. The second kappa shape index (κ2) is 8.73. The normalized spacial score (nSPS) is 16.1. The number of nitrogens with zero attached hydrogens (tertiary/aromatic N) is 2. The quantitative estimate of drug-likeness (QED) is 0.796. The molecule has 0 saturated carbocycles. The highest BCUT2D eigenvalue weighted by atomic mass is 35.5. The first-order chi connectivity index (χ1) is 11.8. The second-order valence-electron chi connectivity index (χ2n) is 5.79. The van der Waals surface area contributed by atoms with Crippen LogP contribution in [-0.4, -0.2) is 62.3 Å². The average molecular weight is 380 g/mol. The van der Waals surface area contributed by atoms with Crippen molar-refractivity contribution in [3.8, 4) is 0 Å². The molecule has 25 heavy (non-hydrogen) atoms. The lowest BCUT2D eigenvalue weighted by molar-refractivity contribution is -0.136. The van der Waals surface area contributed by atoms with Crippen LogP contribution in [0.15, 0.2) is 18.2 Å². The molecule has 1 aromatic carbocycles. The van der Waals surface area contributed by atoms with Crippen molar-refractivity contribution in [2.75, 3.05) is 51.8 Å². The van der Waals surface area contributed by atoms with Crippen molar-refractivity contribution in [3.63, 3.8) is 0 Å². The number of carbonyl (C=O) groups is 1. The number of anilines is 1. The van der Waals surface area contributed by atoms with Crippen molar-refractivity contribution in [1.82, 2.24) is 9.80 Å². The summed E-state index contributed by atoms with van der Waals surface area (Å²) in [4.78, 5) is 16.0.